The Labute approximate surface area is 98.8 Å². The molecule has 1 aliphatic heterocycles. The van der Waals surface area contributed by atoms with Crippen LogP contribution in [0.25, 0.3) is 0 Å². The van der Waals surface area contributed by atoms with E-state index in [1.54, 1.807) is 7.11 Å². The van der Waals surface area contributed by atoms with Gasteiger partial charge in [-0.1, -0.05) is 0 Å². The predicted octanol–water partition coefficient (Wildman–Crippen LogP) is 0.943. The molecule has 0 spiro atoms. The largest absolute Gasteiger partial charge is 0.383 e. The molecule has 0 unspecified atom stereocenters. The van der Waals surface area contributed by atoms with Gasteiger partial charge in [-0.05, 0) is 19.9 Å². The highest BCUT2D eigenvalue weighted by Gasteiger charge is 2.22. The molecule has 0 radical (unpaired) electrons. The second-order valence-electron chi connectivity index (χ2n) is 4.44. The van der Waals surface area contributed by atoms with Gasteiger partial charge in [0, 0.05) is 45.8 Å². The minimum Gasteiger partial charge on any atom is -0.383 e. The first-order valence-electron chi connectivity index (χ1n) is 6.10. The standard InChI is InChI=1S/C12H23N3O/c1-12-11-14(6-4-3-5-13)7-8-15(12)9-10-16-2/h12H,3-4,6-11H2,1-2H3/t12-/m1/s1. The summed E-state index contributed by atoms with van der Waals surface area (Å²) in [4.78, 5) is 4.94. The molecule has 1 aliphatic rings. The first-order chi connectivity index (χ1) is 7.77. The van der Waals surface area contributed by atoms with E-state index < -0.39 is 0 Å². The number of nitriles is 1. The number of rotatable bonds is 6. The Morgan fingerprint density at radius 1 is 1.38 bits per heavy atom. The lowest BCUT2D eigenvalue weighted by molar-refractivity contribution is 0.0587. The van der Waals surface area contributed by atoms with Crippen LogP contribution in [-0.4, -0.2) is 62.3 Å². The van der Waals surface area contributed by atoms with Crippen LogP contribution in [0.15, 0.2) is 0 Å². The van der Waals surface area contributed by atoms with E-state index in [2.05, 4.69) is 22.8 Å². The number of piperazine rings is 1. The van der Waals surface area contributed by atoms with Gasteiger partial charge in [0.15, 0.2) is 0 Å². The summed E-state index contributed by atoms with van der Waals surface area (Å²) in [5.74, 6) is 0. The number of unbranched alkanes of at least 4 members (excludes halogenated alkanes) is 1. The van der Waals surface area contributed by atoms with Gasteiger partial charge in [-0.2, -0.15) is 5.26 Å². The van der Waals surface area contributed by atoms with Crippen molar-refractivity contribution in [3.05, 3.63) is 0 Å². The fourth-order valence-corrected chi connectivity index (χ4v) is 2.20. The lowest BCUT2D eigenvalue weighted by atomic mass is 10.2. The Morgan fingerprint density at radius 3 is 2.81 bits per heavy atom. The van der Waals surface area contributed by atoms with Crippen LogP contribution in [0.4, 0.5) is 0 Å². The molecular formula is C12H23N3O. The van der Waals surface area contributed by atoms with E-state index in [0.29, 0.717) is 12.5 Å². The summed E-state index contributed by atoms with van der Waals surface area (Å²) in [6.45, 7) is 8.55. The van der Waals surface area contributed by atoms with E-state index in [9.17, 15) is 0 Å². The molecule has 1 saturated heterocycles. The molecule has 92 valence electrons. The van der Waals surface area contributed by atoms with E-state index in [-0.39, 0.29) is 0 Å². The number of hydrogen-bond donors (Lipinski definition) is 0. The van der Waals surface area contributed by atoms with E-state index in [1.165, 1.54) is 0 Å². The monoisotopic (exact) mass is 225 g/mol. The molecule has 0 saturated carbocycles. The Hall–Kier alpha value is -0.630. The van der Waals surface area contributed by atoms with Gasteiger partial charge in [0.1, 0.15) is 0 Å². The van der Waals surface area contributed by atoms with Crippen molar-refractivity contribution < 1.29 is 4.74 Å². The van der Waals surface area contributed by atoms with Crippen LogP contribution < -0.4 is 0 Å². The van der Waals surface area contributed by atoms with Crippen molar-refractivity contribution in [2.75, 3.05) is 46.4 Å². The highest BCUT2D eigenvalue weighted by atomic mass is 16.5. The summed E-state index contributed by atoms with van der Waals surface area (Å²) in [5.41, 5.74) is 0. The number of methoxy groups -OCH3 is 1. The molecule has 0 N–H and O–H groups in total. The third-order valence-corrected chi connectivity index (χ3v) is 3.19. The Morgan fingerprint density at radius 2 is 2.19 bits per heavy atom. The molecule has 16 heavy (non-hydrogen) atoms. The Bertz CT molecular complexity index is 227. The predicted molar refractivity (Wildman–Crippen MR) is 64.2 cm³/mol. The van der Waals surface area contributed by atoms with Gasteiger partial charge in [0.2, 0.25) is 0 Å². The molecule has 0 aromatic carbocycles. The molecule has 4 nitrogen and oxygen atoms in total. The zero-order chi connectivity index (χ0) is 11.8. The van der Waals surface area contributed by atoms with Crippen molar-refractivity contribution in [3.63, 3.8) is 0 Å². The van der Waals surface area contributed by atoms with Crippen LogP contribution in [0.2, 0.25) is 0 Å². The molecule has 4 heteroatoms. The van der Waals surface area contributed by atoms with Gasteiger partial charge >= 0.3 is 0 Å². The molecule has 1 atom stereocenters. The number of ether oxygens (including phenoxy) is 1. The fourth-order valence-electron chi connectivity index (χ4n) is 2.20. The van der Waals surface area contributed by atoms with Crippen molar-refractivity contribution >= 4 is 0 Å². The fraction of sp³-hybridized carbons (Fsp3) is 0.917. The van der Waals surface area contributed by atoms with Crippen molar-refractivity contribution in [3.8, 4) is 6.07 Å². The van der Waals surface area contributed by atoms with E-state index in [4.69, 9.17) is 10.00 Å². The van der Waals surface area contributed by atoms with Gasteiger partial charge in [-0.15, -0.1) is 0 Å². The lowest BCUT2D eigenvalue weighted by Gasteiger charge is -2.39. The average Bonchev–Trinajstić information content (AvgIpc) is 2.28. The van der Waals surface area contributed by atoms with E-state index >= 15 is 0 Å². The summed E-state index contributed by atoms with van der Waals surface area (Å²) >= 11 is 0. The van der Waals surface area contributed by atoms with Gasteiger partial charge in [0.25, 0.3) is 0 Å². The molecule has 0 aromatic rings. The molecular weight excluding hydrogens is 202 g/mol. The molecule has 0 aromatic heterocycles. The summed E-state index contributed by atoms with van der Waals surface area (Å²) < 4.78 is 5.11. The van der Waals surface area contributed by atoms with Crippen LogP contribution in [0.1, 0.15) is 19.8 Å². The van der Waals surface area contributed by atoms with Crippen LogP contribution in [0.3, 0.4) is 0 Å². The topological polar surface area (TPSA) is 39.5 Å². The van der Waals surface area contributed by atoms with Crippen molar-refractivity contribution in [1.82, 2.24) is 9.80 Å². The normalized spacial score (nSPS) is 23.2. The zero-order valence-corrected chi connectivity index (χ0v) is 10.5. The number of hydrogen-bond acceptors (Lipinski definition) is 4. The third-order valence-electron chi connectivity index (χ3n) is 3.19. The second-order valence-corrected chi connectivity index (χ2v) is 4.44. The first-order valence-corrected chi connectivity index (χ1v) is 6.10. The molecule has 0 amide bonds. The third kappa shape index (κ3) is 4.48. The number of nitrogens with zero attached hydrogens (tertiary/aromatic N) is 3. The minimum atomic E-state index is 0.603. The Kier molecular flexibility index (Phi) is 6.39. The molecule has 0 bridgehead atoms. The van der Waals surface area contributed by atoms with E-state index in [1.807, 2.05) is 0 Å². The zero-order valence-electron chi connectivity index (χ0n) is 10.5. The van der Waals surface area contributed by atoms with Crippen LogP contribution in [-0.2, 0) is 4.74 Å². The molecule has 1 fully saturated rings. The summed E-state index contributed by atoms with van der Waals surface area (Å²) in [7, 11) is 1.75. The van der Waals surface area contributed by atoms with Crippen molar-refractivity contribution in [2.45, 2.75) is 25.8 Å². The maximum absolute atomic E-state index is 8.50. The quantitative estimate of drug-likeness (QED) is 0.631. The Balaban J connectivity index is 2.20. The van der Waals surface area contributed by atoms with Crippen LogP contribution in [0, 0.1) is 11.3 Å². The lowest BCUT2D eigenvalue weighted by Crippen LogP contribution is -2.52. The molecule has 0 aliphatic carbocycles. The average molecular weight is 225 g/mol. The molecule has 1 heterocycles. The van der Waals surface area contributed by atoms with Crippen molar-refractivity contribution in [2.24, 2.45) is 0 Å². The summed E-state index contributed by atoms with van der Waals surface area (Å²) in [6, 6.07) is 2.80. The second kappa shape index (κ2) is 7.61. The maximum atomic E-state index is 8.50. The summed E-state index contributed by atoms with van der Waals surface area (Å²) in [6.07, 6.45) is 1.68. The van der Waals surface area contributed by atoms with Crippen LogP contribution >= 0.6 is 0 Å². The van der Waals surface area contributed by atoms with Crippen LogP contribution in [0.5, 0.6) is 0 Å². The highest BCUT2D eigenvalue weighted by molar-refractivity contribution is 4.79. The minimum absolute atomic E-state index is 0.603. The highest BCUT2D eigenvalue weighted by Crippen LogP contribution is 2.09. The SMILES string of the molecule is COCCN1CCN(CCCC#N)C[C@H]1C. The van der Waals surface area contributed by atoms with Crippen molar-refractivity contribution in [1.29, 1.82) is 5.26 Å². The smallest absolute Gasteiger partial charge is 0.0622 e. The van der Waals surface area contributed by atoms with Gasteiger partial charge in [-0.25, -0.2) is 0 Å². The summed E-state index contributed by atoms with van der Waals surface area (Å²) in [5, 5.41) is 8.50. The van der Waals surface area contributed by atoms with E-state index in [0.717, 1.165) is 45.8 Å². The van der Waals surface area contributed by atoms with Gasteiger partial charge < -0.3 is 9.64 Å². The maximum Gasteiger partial charge on any atom is 0.0622 e. The van der Waals surface area contributed by atoms with Gasteiger partial charge in [-0.3, -0.25) is 4.90 Å². The molecule has 1 rings (SSSR count). The van der Waals surface area contributed by atoms with Gasteiger partial charge in [0.05, 0.1) is 12.7 Å². The first kappa shape index (κ1) is 13.4.